The van der Waals surface area contributed by atoms with Crippen LogP contribution in [-0.2, 0) is 0 Å². The molecule has 0 spiro atoms. The Hall–Kier alpha value is -2.25. The second kappa shape index (κ2) is 7.55. The van der Waals surface area contributed by atoms with Gasteiger partial charge in [0.05, 0.1) is 6.61 Å². The number of benzene rings is 1. The van der Waals surface area contributed by atoms with E-state index in [1.54, 1.807) is 0 Å². The minimum absolute atomic E-state index is 0.0352. The smallest absolute Gasteiger partial charge is 0.253 e. The van der Waals surface area contributed by atoms with Crippen LogP contribution in [0.25, 0.3) is 11.4 Å². The molecule has 128 valence electrons. The molecule has 1 unspecified atom stereocenters. The third kappa shape index (κ3) is 3.47. The van der Waals surface area contributed by atoms with Crippen molar-refractivity contribution < 1.29 is 9.90 Å². The van der Waals surface area contributed by atoms with Gasteiger partial charge in [-0.25, -0.2) is 4.98 Å². The Bertz CT molecular complexity index is 661. The lowest BCUT2D eigenvalue weighted by molar-refractivity contribution is 0.0472. The van der Waals surface area contributed by atoms with Gasteiger partial charge in [-0.05, 0) is 18.6 Å². The minimum atomic E-state index is 0.0352. The molecular formula is C17H23N5O2. The Morgan fingerprint density at radius 1 is 1.33 bits per heavy atom. The first-order chi connectivity index (χ1) is 11.7. The van der Waals surface area contributed by atoms with Crippen molar-refractivity contribution >= 4 is 5.91 Å². The second-order valence-electron chi connectivity index (χ2n) is 5.99. The number of hydrogen-bond donors (Lipinski definition) is 2. The van der Waals surface area contributed by atoms with Gasteiger partial charge in [-0.1, -0.05) is 19.1 Å². The van der Waals surface area contributed by atoms with Gasteiger partial charge in [-0.15, -0.1) is 0 Å². The summed E-state index contributed by atoms with van der Waals surface area (Å²) >= 11 is 0. The van der Waals surface area contributed by atoms with Crippen molar-refractivity contribution in [2.24, 2.45) is 0 Å². The van der Waals surface area contributed by atoms with E-state index in [1.807, 2.05) is 29.2 Å². The molecule has 1 atom stereocenters. The molecule has 0 bridgehead atoms. The fourth-order valence-electron chi connectivity index (χ4n) is 3.12. The third-order valence-electron chi connectivity index (χ3n) is 4.60. The molecular weight excluding hydrogens is 306 g/mol. The number of rotatable bonds is 5. The van der Waals surface area contributed by atoms with Crippen LogP contribution in [0.3, 0.4) is 0 Å². The van der Waals surface area contributed by atoms with E-state index in [4.69, 9.17) is 0 Å². The first-order valence-electron chi connectivity index (χ1n) is 8.33. The Balaban J connectivity index is 1.67. The highest BCUT2D eigenvalue weighted by Gasteiger charge is 2.25. The zero-order valence-electron chi connectivity index (χ0n) is 13.9. The molecule has 2 aromatic rings. The lowest BCUT2D eigenvalue weighted by atomic mass is 10.1. The lowest BCUT2D eigenvalue weighted by Crippen LogP contribution is -2.52. The molecule has 7 nitrogen and oxygen atoms in total. The number of aromatic amines is 1. The maximum absolute atomic E-state index is 12.7. The first-order valence-corrected chi connectivity index (χ1v) is 8.33. The van der Waals surface area contributed by atoms with Crippen molar-refractivity contribution in [2.75, 3.05) is 32.8 Å². The van der Waals surface area contributed by atoms with Crippen molar-refractivity contribution in [1.82, 2.24) is 25.0 Å². The van der Waals surface area contributed by atoms with Gasteiger partial charge < -0.3 is 10.0 Å². The van der Waals surface area contributed by atoms with Crippen molar-refractivity contribution in [2.45, 2.75) is 19.4 Å². The molecule has 2 N–H and O–H groups in total. The summed E-state index contributed by atoms with van der Waals surface area (Å²) in [6.45, 7) is 5.21. The van der Waals surface area contributed by atoms with E-state index in [2.05, 4.69) is 27.0 Å². The lowest BCUT2D eigenvalue weighted by Gasteiger charge is -2.38. The maximum atomic E-state index is 12.7. The summed E-state index contributed by atoms with van der Waals surface area (Å²) in [6.07, 6.45) is 2.37. The number of nitrogens with zero attached hydrogens (tertiary/aromatic N) is 4. The monoisotopic (exact) mass is 329 g/mol. The van der Waals surface area contributed by atoms with Gasteiger partial charge in [0.15, 0.2) is 5.82 Å². The van der Waals surface area contributed by atoms with Crippen LogP contribution in [0.2, 0.25) is 0 Å². The van der Waals surface area contributed by atoms with Gasteiger partial charge in [0.1, 0.15) is 6.33 Å². The third-order valence-corrected chi connectivity index (χ3v) is 4.60. The highest BCUT2D eigenvalue weighted by molar-refractivity contribution is 5.95. The van der Waals surface area contributed by atoms with E-state index in [0.717, 1.165) is 25.1 Å². The average molecular weight is 329 g/mol. The van der Waals surface area contributed by atoms with Crippen molar-refractivity contribution in [3.05, 3.63) is 36.2 Å². The van der Waals surface area contributed by atoms with Crippen LogP contribution in [0.4, 0.5) is 0 Å². The SMILES string of the molecule is CCC(CO)N1CCN(C(=O)c2cccc(-c3ncn[nH]3)c2)CC1. The molecule has 3 rings (SSSR count). The van der Waals surface area contributed by atoms with Crippen LogP contribution in [0.1, 0.15) is 23.7 Å². The van der Waals surface area contributed by atoms with Gasteiger partial charge in [-0.3, -0.25) is 14.8 Å². The number of aromatic nitrogens is 3. The number of piperazine rings is 1. The quantitative estimate of drug-likeness (QED) is 0.855. The highest BCUT2D eigenvalue weighted by atomic mass is 16.3. The van der Waals surface area contributed by atoms with Crippen molar-refractivity contribution in [3.63, 3.8) is 0 Å². The molecule has 1 aliphatic heterocycles. The fraction of sp³-hybridized carbons (Fsp3) is 0.471. The van der Waals surface area contributed by atoms with E-state index in [-0.39, 0.29) is 18.6 Å². The number of carbonyl (C=O) groups is 1. The molecule has 0 saturated carbocycles. The number of aliphatic hydroxyl groups is 1. The molecule has 2 heterocycles. The predicted molar refractivity (Wildman–Crippen MR) is 90.5 cm³/mol. The Kier molecular flexibility index (Phi) is 5.22. The summed E-state index contributed by atoms with van der Waals surface area (Å²) in [5, 5.41) is 16.1. The fourth-order valence-corrected chi connectivity index (χ4v) is 3.12. The topological polar surface area (TPSA) is 85.3 Å². The number of hydrogen-bond acceptors (Lipinski definition) is 5. The van der Waals surface area contributed by atoms with Gasteiger partial charge in [0.25, 0.3) is 5.91 Å². The molecule has 0 radical (unpaired) electrons. The Morgan fingerprint density at radius 3 is 2.75 bits per heavy atom. The van der Waals surface area contributed by atoms with Gasteiger partial charge in [0.2, 0.25) is 0 Å². The highest BCUT2D eigenvalue weighted by Crippen LogP contribution is 2.18. The zero-order chi connectivity index (χ0) is 16.9. The van der Waals surface area contributed by atoms with Crippen LogP contribution in [0.5, 0.6) is 0 Å². The van der Waals surface area contributed by atoms with Crippen LogP contribution >= 0.6 is 0 Å². The summed E-state index contributed by atoms with van der Waals surface area (Å²) in [7, 11) is 0. The molecule has 7 heteroatoms. The second-order valence-corrected chi connectivity index (χ2v) is 5.99. The summed E-state index contributed by atoms with van der Waals surface area (Å²) in [4.78, 5) is 21.0. The maximum Gasteiger partial charge on any atom is 0.253 e. The number of H-pyrrole nitrogens is 1. The summed E-state index contributed by atoms with van der Waals surface area (Å²) in [6, 6.07) is 7.63. The average Bonchev–Trinajstić information content (AvgIpc) is 3.18. The number of amides is 1. The summed E-state index contributed by atoms with van der Waals surface area (Å²) in [5.41, 5.74) is 1.51. The Morgan fingerprint density at radius 2 is 2.12 bits per heavy atom. The van der Waals surface area contributed by atoms with Crippen LogP contribution in [-0.4, -0.2) is 74.8 Å². The predicted octanol–water partition coefficient (Wildman–Crippen LogP) is 1.00. The Labute approximate surface area is 141 Å². The van der Waals surface area contributed by atoms with Crippen LogP contribution in [0.15, 0.2) is 30.6 Å². The van der Waals surface area contributed by atoms with E-state index >= 15 is 0 Å². The molecule has 0 aliphatic carbocycles. The standard InChI is InChI=1S/C17H23N5O2/c1-2-15(11-23)21-6-8-22(9-7-21)17(24)14-5-3-4-13(10-14)16-18-12-19-20-16/h3-5,10,12,15,23H,2,6-9,11H2,1H3,(H,18,19,20). The molecule has 1 fully saturated rings. The summed E-state index contributed by atoms with van der Waals surface area (Å²) in [5.74, 6) is 0.691. The molecule has 1 aromatic carbocycles. The van der Waals surface area contributed by atoms with E-state index in [9.17, 15) is 9.90 Å². The number of aliphatic hydroxyl groups excluding tert-OH is 1. The normalized spacial score (nSPS) is 17.0. The van der Waals surface area contributed by atoms with Crippen molar-refractivity contribution in [1.29, 1.82) is 0 Å². The number of carbonyl (C=O) groups excluding carboxylic acids is 1. The summed E-state index contributed by atoms with van der Waals surface area (Å²) < 4.78 is 0. The van der Waals surface area contributed by atoms with Gasteiger partial charge in [0, 0.05) is 43.3 Å². The minimum Gasteiger partial charge on any atom is -0.395 e. The van der Waals surface area contributed by atoms with Crippen LogP contribution < -0.4 is 0 Å². The molecule has 1 amide bonds. The molecule has 1 aliphatic rings. The van der Waals surface area contributed by atoms with E-state index in [0.29, 0.717) is 24.5 Å². The largest absolute Gasteiger partial charge is 0.395 e. The number of nitrogens with one attached hydrogen (secondary N) is 1. The molecule has 24 heavy (non-hydrogen) atoms. The van der Waals surface area contributed by atoms with Gasteiger partial charge in [-0.2, -0.15) is 5.10 Å². The van der Waals surface area contributed by atoms with Gasteiger partial charge >= 0.3 is 0 Å². The van der Waals surface area contributed by atoms with E-state index < -0.39 is 0 Å². The van der Waals surface area contributed by atoms with E-state index in [1.165, 1.54) is 6.33 Å². The first kappa shape index (κ1) is 16.6. The van der Waals surface area contributed by atoms with Crippen LogP contribution in [0, 0.1) is 0 Å². The molecule has 1 aromatic heterocycles. The zero-order valence-corrected chi connectivity index (χ0v) is 13.9. The van der Waals surface area contributed by atoms with Crippen molar-refractivity contribution in [3.8, 4) is 11.4 Å². The molecule has 1 saturated heterocycles.